The third kappa shape index (κ3) is 3.97. The first-order valence-electron chi connectivity index (χ1n) is 6.57. The Bertz CT molecular complexity index is 611. The van der Waals surface area contributed by atoms with Crippen LogP contribution in [0.4, 0.5) is 5.69 Å². The van der Waals surface area contributed by atoms with Crippen LogP contribution < -0.4 is 15.8 Å². The van der Waals surface area contributed by atoms with Crippen LogP contribution in [0.2, 0.25) is 0 Å². The van der Waals surface area contributed by atoms with Crippen molar-refractivity contribution in [2.24, 2.45) is 5.73 Å². The first-order chi connectivity index (χ1) is 10.1. The molecule has 0 bridgehead atoms. The molecule has 0 saturated carbocycles. The zero-order chi connectivity index (χ0) is 15.2. The van der Waals surface area contributed by atoms with Crippen LogP contribution in [-0.2, 0) is 11.2 Å². The topological polar surface area (TPSA) is 84.6 Å². The van der Waals surface area contributed by atoms with Crippen LogP contribution in [0.25, 0.3) is 0 Å². The van der Waals surface area contributed by atoms with E-state index in [1.807, 2.05) is 12.1 Å². The van der Waals surface area contributed by atoms with Crippen LogP contribution in [-0.4, -0.2) is 24.2 Å². The molecular formula is C16H18N2O3. The molecule has 2 rings (SSSR count). The second-order valence-electron chi connectivity index (χ2n) is 4.67. The number of ether oxygens (including phenoxy) is 1. The lowest BCUT2D eigenvalue weighted by molar-refractivity contribution is -0.117. The molecule has 1 atom stereocenters. The number of amides is 1. The van der Waals surface area contributed by atoms with Gasteiger partial charge in [0.05, 0.1) is 18.8 Å². The Morgan fingerprint density at radius 1 is 1.24 bits per heavy atom. The van der Waals surface area contributed by atoms with Gasteiger partial charge in [0.1, 0.15) is 11.5 Å². The van der Waals surface area contributed by atoms with Crippen molar-refractivity contribution < 1.29 is 14.6 Å². The summed E-state index contributed by atoms with van der Waals surface area (Å²) in [7, 11) is 1.54. The summed E-state index contributed by atoms with van der Waals surface area (Å²) in [4.78, 5) is 12.1. The van der Waals surface area contributed by atoms with Crippen molar-refractivity contribution in [2.45, 2.75) is 12.5 Å². The second kappa shape index (κ2) is 6.76. The van der Waals surface area contributed by atoms with Crippen LogP contribution in [0.3, 0.4) is 0 Å². The summed E-state index contributed by atoms with van der Waals surface area (Å²) in [6, 6.07) is 13.1. The number of methoxy groups -OCH3 is 1. The van der Waals surface area contributed by atoms with E-state index in [2.05, 4.69) is 5.32 Å². The summed E-state index contributed by atoms with van der Waals surface area (Å²) >= 11 is 0. The van der Waals surface area contributed by atoms with E-state index in [0.29, 0.717) is 17.9 Å². The number of nitrogens with two attached hydrogens (primary N) is 1. The third-order valence-corrected chi connectivity index (χ3v) is 3.09. The Kier molecular flexibility index (Phi) is 4.79. The average molecular weight is 286 g/mol. The molecule has 0 spiro atoms. The molecule has 0 aliphatic heterocycles. The summed E-state index contributed by atoms with van der Waals surface area (Å²) < 4.78 is 5.17. The predicted molar refractivity (Wildman–Crippen MR) is 81.4 cm³/mol. The normalized spacial score (nSPS) is 11.7. The van der Waals surface area contributed by atoms with Gasteiger partial charge in [0.25, 0.3) is 0 Å². The van der Waals surface area contributed by atoms with E-state index in [4.69, 9.17) is 10.5 Å². The first kappa shape index (κ1) is 14.9. The summed E-state index contributed by atoms with van der Waals surface area (Å²) in [6.07, 6.45) is 0.390. The molecule has 0 aliphatic rings. The molecule has 0 fully saturated rings. The fourth-order valence-electron chi connectivity index (χ4n) is 1.95. The van der Waals surface area contributed by atoms with Crippen LogP contribution in [0.1, 0.15) is 5.56 Å². The lowest BCUT2D eigenvalue weighted by atomic mass is 10.1. The number of phenolic OH excluding ortho intramolecular Hbond substituents is 1. The molecule has 0 aromatic heterocycles. The molecule has 0 unspecified atom stereocenters. The van der Waals surface area contributed by atoms with Crippen molar-refractivity contribution in [1.82, 2.24) is 0 Å². The van der Waals surface area contributed by atoms with E-state index in [-0.39, 0.29) is 11.7 Å². The number of nitrogens with one attached hydrogen (secondary N) is 1. The van der Waals surface area contributed by atoms with Gasteiger partial charge in [-0.15, -0.1) is 0 Å². The molecular weight excluding hydrogens is 268 g/mol. The van der Waals surface area contributed by atoms with E-state index in [1.54, 1.807) is 43.5 Å². The highest BCUT2D eigenvalue weighted by atomic mass is 16.5. The molecule has 0 aliphatic carbocycles. The Balaban J connectivity index is 2.01. The van der Waals surface area contributed by atoms with E-state index in [9.17, 15) is 9.90 Å². The fourth-order valence-corrected chi connectivity index (χ4v) is 1.95. The van der Waals surface area contributed by atoms with Crippen molar-refractivity contribution in [3.63, 3.8) is 0 Å². The number of hydrogen-bond donors (Lipinski definition) is 3. The van der Waals surface area contributed by atoms with Crippen molar-refractivity contribution in [3.05, 3.63) is 54.1 Å². The maximum absolute atomic E-state index is 12.1. The highest BCUT2D eigenvalue weighted by molar-refractivity contribution is 5.96. The van der Waals surface area contributed by atoms with E-state index < -0.39 is 6.04 Å². The van der Waals surface area contributed by atoms with Gasteiger partial charge in [-0.05, 0) is 36.2 Å². The first-order valence-corrected chi connectivity index (χ1v) is 6.57. The van der Waals surface area contributed by atoms with Crippen molar-refractivity contribution in [3.8, 4) is 11.5 Å². The number of carbonyl (C=O) groups is 1. The lowest BCUT2D eigenvalue weighted by Crippen LogP contribution is -2.37. The van der Waals surface area contributed by atoms with Gasteiger partial charge in [0.2, 0.25) is 5.91 Å². The fraction of sp³-hybridized carbons (Fsp3) is 0.188. The van der Waals surface area contributed by atoms with E-state index in [1.165, 1.54) is 0 Å². The van der Waals surface area contributed by atoms with Crippen LogP contribution >= 0.6 is 0 Å². The molecule has 2 aromatic rings. The minimum Gasteiger partial charge on any atom is -0.508 e. The van der Waals surface area contributed by atoms with Gasteiger partial charge in [-0.25, -0.2) is 0 Å². The highest BCUT2D eigenvalue weighted by Crippen LogP contribution is 2.23. The molecule has 2 aromatic carbocycles. The number of hydrogen-bond acceptors (Lipinski definition) is 4. The molecule has 21 heavy (non-hydrogen) atoms. The molecule has 0 saturated heterocycles. The van der Waals surface area contributed by atoms with Gasteiger partial charge < -0.3 is 20.9 Å². The monoisotopic (exact) mass is 286 g/mol. The van der Waals surface area contributed by atoms with Gasteiger partial charge >= 0.3 is 0 Å². The predicted octanol–water partition coefficient (Wildman–Crippen LogP) is 1.91. The Morgan fingerprint density at radius 2 is 1.90 bits per heavy atom. The van der Waals surface area contributed by atoms with Crippen molar-refractivity contribution >= 4 is 11.6 Å². The SMILES string of the molecule is COc1ccccc1NC(=O)[C@H](N)Cc1ccc(O)cc1. The molecule has 110 valence electrons. The van der Waals surface area contributed by atoms with Gasteiger partial charge in [-0.1, -0.05) is 24.3 Å². The van der Waals surface area contributed by atoms with Gasteiger partial charge in [-0.3, -0.25) is 4.79 Å². The molecule has 4 N–H and O–H groups in total. The zero-order valence-electron chi connectivity index (χ0n) is 11.7. The maximum atomic E-state index is 12.1. The van der Waals surface area contributed by atoms with E-state index in [0.717, 1.165) is 5.56 Å². The molecule has 5 nitrogen and oxygen atoms in total. The molecule has 0 heterocycles. The summed E-state index contributed by atoms with van der Waals surface area (Å²) in [5, 5.41) is 12.0. The summed E-state index contributed by atoms with van der Waals surface area (Å²) in [6.45, 7) is 0. The number of carbonyl (C=O) groups excluding carboxylic acids is 1. The molecule has 5 heteroatoms. The average Bonchev–Trinajstić information content (AvgIpc) is 2.50. The zero-order valence-corrected chi connectivity index (χ0v) is 11.7. The summed E-state index contributed by atoms with van der Waals surface area (Å²) in [5.74, 6) is 0.487. The maximum Gasteiger partial charge on any atom is 0.241 e. The smallest absolute Gasteiger partial charge is 0.241 e. The van der Waals surface area contributed by atoms with Gasteiger partial charge in [0, 0.05) is 0 Å². The van der Waals surface area contributed by atoms with Crippen molar-refractivity contribution in [1.29, 1.82) is 0 Å². The second-order valence-corrected chi connectivity index (χ2v) is 4.67. The highest BCUT2D eigenvalue weighted by Gasteiger charge is 2.15. The molecule has 1 amide bonds. The van der Waals surface area contributed by atoms with Crippen LogP contribution in [0, 0.1) is 0 Å². The number of anilines is 1. The number of rotatable bonds is 5. The molecule has 0 radical (unpaired) electrons. The minimum absolute atomic E-state index is 0.186. The summed E-state index contributed by atoms with van der Waals surface area (Å²) in [5.41, 5.74) is 7.39. The van der Waals surface area contributed by atoms with Gasteiger partial charge in [-0.2, -0.15) is 0 Å². The Labute approximate surface area is 123 Å². The van der Waals surface area contributed by atoms with Crippen molar-refractivity contribution in [2.75, 3.05) is 12.4 Å². The third-order valence-electron chi connectivity index (χ3n) is 3.09. The quantitative estimate of drug-likeness (QED) is 0.784. The number of benzene rings is 2. The Hall–Kier alpha value is -2.53. The van der Waals surface area contributed by atoms with Gasteiger partial charge in [0.15, 0.2) is 0 Å². The van der Waals surface area contributed by atoms with Crippen LogP contribution in [0.15, 0.2) is 48.5 Å². The minimum atomic E-state index is -0.681. The standard InChI is InChI=1S/C16H18N2O3/c1-21-15-5-3-2-4-14(15)18-16(20)13(17)10-11-6-8-12(19)9-7-11/h2-9,13,19H,10,17H2,1H3,(H,18,20)/t13-/m1/s1. The van der Waals surface area contributed by atoms with Crippen LogP contribution in [0.5, 0.6) is 11.5 Å². The number of aromatic hydroxyl groups is 1. The number of phenols is 1. The number of para-hydroxylation sites is 2. The Morgan fingerprint density at radius 3 is 2.57 bits per heavy atom. The lowest BCUT2D eigenvalue weighted by Gasteiger charge is -2.14. The largest absolute Gasteiger partial charge is 0.508 e. The van der Waals surface area contributed by atoms with E-state index >= 15 is 0 Å².